The van der Waals surface area contributed by atoms with Gasteiger partial charge in [-0.3, -0.25) is 0 Å². The second-order valence-corrected chi connectivity index (χ2v) is 2.01. The van der Waals surface area contributed by atoms with Gasteiger partial charge in [0.15, 0.2) is 0 Å². The molecule has 10 heavy (non-hydrogen) atoms. The van der Waals surface area contributed by atoms with Crippen molar-refractivity contribution in [2.24, 2.45) is 0 Å². The lowest BCUT2D eigenvalue weighted by Crippen LogP contribution is -2.26. The molecule has 0 radical (unpaired) electrons. The highest BCUT2D eigenvalue weighted by Crippen LogP contribution is 2.03. The SMILES string of the molecule is CC#CC(O)(C#CC)CCl. The summed E-state index contributed by atoms with van der Waals surface area (Å²) in [6.07, 6.45) is 0. The number of alkyl halides is 1. The molecule has 0 bridgehead atoms. The highest BCUT2D eigenvalue weighted by Gasteiger charge is 2.18. The number of hydrogen-bond donors (Lipinski definition) is 1. The second-order valence-electron chi connectivity index (χ2n) is 1.74. The maximum Gasteiger partial charge on any atom is 0.201 e. The van der Waals surface area contributed by atoms with Crippen LogP contribution < -0.4 is 0 Å². The third-order valence-corrected chi connectivity index (χ3v) is 1.24. The summed E-state index contributed by atoms with van der Waals surface area (Å²) in [4.78, 5) is 0. The Labute approximate surface area is 66.4 Å². The highest BCUT2D eigenvalue weighted by atomic mass is 35.5. The Bertz CT molecular complexity index is 191. The summed E-state index contributed by atoms with van der Waals surface area (Å²) in [5, 5.41) is 9.34. The van der Waals surface area contributed by atoms with E-state index in [1.807, 2.05) is 0 Å². The van der Waals surface area contributed by atoms with Crippen molar-refractivity contribution in [3.8, 4) is 23.7 Å². The van der Waals surface area contributed by atoms with Crippen molar-refractivity contribution in [1.29, 1.82) is 0 Å². The fraction of sp³-hybridized carbons (Fsp3) is 0.500. The lowest BCUT2D eigenvalue weighted by molar-refractivity contribution is 0.188. The van der Waals surface area contributed by atoms with Crippen LogP contribution in [0.15, 0.2) is 0 Å². The fourth-order valence-corrected chi connectivity index (χ4v) is 0.645. The normalized spacial score (nSPS) is 8.80. The molecule has 0 aliphatic heterocycles. The maximum absolute atomic E-state index is 9.34. The molecule has 0 amide bonds. The van der Waals surface area contributed by atoms with Gasteiger partial charge in [0, 0.05) is 0 Å². The molecule has 0 aliphatic carbocycles. The molecule has 0 saturated heterocycles. The summed E-state index contributed by atoms with van der Waals surface area (Å²) >= 11 is 5.41. The quantitative estimate of drug-likeness (QED) is 0.444. The molecule has 1 N–H and O–H groups in total. The van der Waals surface area contributed by atoms with Crippen molar-refractivity contribution in [3.63, 3.8) is 0 Å². The summed E-state index contributed by atoms with van der Waals surface area (Å²) in [7, 11) is 0. The Morgan fingerprint density at radius 1 is 1.30 bits per heavy atom. The lowest BCUT2D eigenvalue weighted by Gasteiger charge is -2.09. The standard InChI is InChI=1S/C8H9ClO/c1-3-5-8(10,7-9)6-4-2/h10H,7H2,1-2H3. The molecule has 0 spiro atoms. The van der Waals surface area contributed by atoms with Crippen LogP contribution in [0.2, 0.25) is 0 Å². The van der Waals surface area contributed by atoms with Crippen molar-refractivity contribution in [2.45, 2.75) is 19.4 Å². The number of aliphatic hydroxyl groups is 1. The van der Waals surface area contributed by atoms with Gasteiger partial charge in [-0.2, -0.15) is 0 Å². The highest BCUT2D eigenvalue weighted by molar-refractivity contribution is 6.19. The molecule has 0 unspecified atom stereocenters. The first kappa shape index (κ1) is 9.37. The molecule has 0 rings (SSSR count). The molecular formula is C8H9ClO. The van der Waals surface area contributed by atoms with E-state index in [1.54, 1.807) is 13.8 Å². The molecule has 54 valence electrons. The monoisotopic (exact) mass is 156 g/mol. The average Bonchev–Trinajstić information content (AvgIpc) is 1.89. The summed E-state index contributed by atoms with van der Waals surface area (Å²) in [6.45, 7) is 3.27. The van der Waals surface area contributed by atoms with E-state index in [-0.39, 0.29) is 5.88 Å². The molecular weight excluding hydrogens is 148 g/mol. The Balaban J connectivity index is 4.44. The van der Waals surface area contributed by atoms with Crippen molar-refractivity contribution in [3.05, 3.63) is 0 Å². The first-order valence-electron chi connectivity index (χ1n) is 2.84. The van der Waals surface area contributed by atoms with Crippen LogP contribution in [0.4, 0.5) is 0 Å². The smallest absolute Gasteiger partial charge is 0.201 e. The van der Waals surface area contributed by atoms with Crippen LogP contribution in [0.3, 0.4) is 0 Å². The topological polar surface area (TPSA) is 20.2 Å². The molecule has 0 aromatic rings. The van der Waals surface area contributed by atoms with Gasteiger partial charge in [-0.1, -0.05) is 11.8 Å². The molecule has 0 heterocycles. The van der Waals surface area contributed by atoms with Crippen molar-refractivity contribution in [1.82, 2.24) is 0 Å². The zero-order chi connectivity index (χ0) is 8.04. The van der Waals surface area contributed by atoms with E-state index in [9.17, 15) is 5.11 Å². The van der Waals surface area contributed by atoms with E-state index in [0.717, 1.165) is 0 Å². The minimum absolute atomic E-state index is 0.0225. The van der Waals surface area contributed by atoms with Gasteiger partial charge < -0.3 is 5.11 Å². The van der Waals surface area contributed by atoms with Gasteiger partial charge in [0.05, 0.1) is 5.88 Å². The third-order valence-electron chi connectivity index (χ3n) is 0.857. The number of rotatable bonds is 1. The molecule has 0 aromatic heterocycles. The first-order valence-corrected chi connectivity index (χ1v) is 3.38. The molecule has 0 aromatic carbocycles. The predicted molar refractivity (Wildman–Crippen MR) is 42.6 cm³/mol. The van der Waals surface area contributed by atoms with Crippen LogP contribution in [0.5, 0.6) is 0 Å². The van der Waals surface area contributed by atoms with Gasteiger partial charge in [0.1, 0.15) is 0 Å². The van der Waals surface area contributed by atoms with E-state index in [2.05, 4.69) is 23.7 Å². The van der Waals surface area contributed by atoms with E-state index in [4.69, 9.17) is 11.6 Å². The Kier molecular flexibility index (Phi) is 3.96. The third kappa shape index (κ3) is 2.78. The second kappa shape index (κ2) is 4.23. The Morgan fingerprint density at radius 2 is 1.70 bits per heavy atom. The summed E-state index contributed by atoms with van der Waals surface area (Å²) < 4.78 is 0. The van der Waals surface area contributed by atoms with Crippen LogP contribution in [-0.2, 0) is 0 Å². The van der Waals surface area contributed by atoms with Gasteiger partial charge in [-0.15, -0.1) is 23.4 Å². The summed E-state index contributed by atoms with van der Waals surface area (Å²) in [5.74, 6) is 10.2. The van der Waals surface area contributed by atoms with Gasteiger partial charge in [0.2, 0.25) is 5.60 Å². The minimum atomic E-state index is -1.31. The predicted octanol–water partition coefficient (Wildman–Crippen LogP) is 1.00. The van der Waals surface area contributed by atoms with Gasteiger partial charge in [-0.25, -0.2) is 0 Å². The van der Waals surface area contributed by atoms with E-state index < -0.39 is 5.60 Å². The molecule has 0 atom stereocenters. The number of hydrogen-bond acceptors (Lipinski definition) is 1. The summed E-state index contributed by atoms with van der Waals surface area (Å²) in [6, 6.07) is 0. The fourth-order valence-electron chi connectivity index (χ4n) is 0.512. The molecule has 1 nitrogen and oxygen atoms in total. The zero-order valence-corrected chi connectivity index (χ0v) is 6.79. The molecule has 0 aliphatic rings. The van der Waals surface area contributed by atoms with Gasteiger partial charge in [-0.05, 0) is 13.8 Å². The van der Waals surface area contributed by atoms with Crippen LogP contribution in [0, 0.1) is 23.7 Å². The van der Waals surface area contributed by atoms with E-state index in [0.29, 0.717) is 0 Å². The minimum Gasteiger partial charge on any atom is -0.366 e. The number of halogens is 1. The molecule has 2 heteroatoms. The molecule has 0 fully saturated rings. The Morgan fingerprint density at radius 3 is 1.90 bits per heavy atom. The van der Waals surface area contributed by atoms with Crippen molar-refractivity contribution in [2.75, 3.05) is 5.88 Å². The largest absolute Gasteiger partial charge is 0.366 e. The van der Waals surface area contributed by atoms with Gasteiger partial charge >= 0.3 is 0 Å². The van der Waals surface area contributed by atoms with Gasteiger partial charge in [0.25, 0.3) is 0 Å². The van der Waals surface area contributed by atoms with E-state index in [1.165, 1.54) is 0 Å². The van der Waals surface area contributed by atoms with E-state index >= 15 is 0 Å². The van der Waals surface area contributed by atoms with Crippen LogP contribution >= 0.6 is 11.6 Å². The molecule has 0 saturated carbocycles. The zero-order valence-electron chi connectivity index (χ0n) is 6.03. The average molecular weight is 157 g/mol. The Hall–Kier alpha value is -0.630. The lowest BCUT2D eigenvalue weighted by atomic mass is 10.1. The summed E-state index contributed by atoms with van der Waals surface area (Å²) in [5.41, 5.74) is -1.31. The van der Waals surface area contributed by atoms with Crippen molar-refractivity contribution >= 4 is 11.6 Å². The maximum atomic E-state index is 9.34. The van der Waals surface area contributed by atoms with Crippen LogP contribution in [0.1, 0.15) is 13.8 Å². The first-order chi connectivity index (χ1) is 4.68. The van der Waals surface area contributed by atoms with Crippen LogP contribution in [0.25, 0.3) is 0 Å². The van der Waals surface area contributed by atoms with Crippen molar-refractivity contribution < 1.29 is 5.11 Å². The van der Waals surface area contributed by atoms with Crippen LogP contribution in [-0.4, -0.2) is 16.6 Å².